The zero-order chi connectivity index (χ0) is 12.7. The summed E-state index contributed by atoms with van der Waals surface area (Å²) in [6, 6.07) is 6.89. The highest BCUT2D eigenvalue weighted by Gasteiger charge is 2.48. The number of fused-ring (bicyclic) bond motifs is 1. The van der Waals surface area contributed by atoms with Crippen LogP contribution in [-0.4, -0.2) is 11.0 Å². The summed E-state index contributed by atoms with van der Waals surface area (Å²) in [7, 11) is 0. The predicted octanol–water partition coefficient (Wildman–Crippen LogP) is 2.68. The molecule has 1 N–H and O–H groups in total. The molecule has 0 spiro atoms. The van der Waals surface area contributed by atoms with Gasteiger partial charge < -0.3 is 5.32 Å². The van der Waals surface area contributed by atoms with E-state index < -0.39 is 4.92 Å². The van der Waals surface area contributed by atoms with Gasteiger partial charge in [-0.3, -0.25) is 10.1 Å². The quantitative estimate of drug-likeness (QED) is 0.653. The van der Waals surface area contributed by atoms with E-state index in [1.54, 1.807) is 12.1 Å². The maximum Gasteiger partial charge on any atom is 0.293 e. The van der Waals surface area contributed by atoms with Crippen LogP contribution >= 0.6 is 0 Å². The monoisotopic (exact) mass is 243 g/mol. The molecule has 92 valence electrons. The molecule has 0 bridgehead atoms. The number of rotatable bonds is 3. The Morgan fingerprint density at radius 1 is 1.44 bits per heavy atom. The van der Waals surface area contributed by atoms with Crippen LogP contribution in [0, 0.1) is 33.3 Å². The lowest BCUT2D eigenvalue weighted by Crippen LogP contribution is -2.19. The van der Waals surface area contributed by atoms with Gasteiger partial charge in [0, 0.05) is 12.1 Å². The first-order valence-corrected chi connectivity index (χ1v) is 6.14. The topological polar surface area (TPSA) is 79.0 Å². The van der Waals surface area contributed by atoms with E-state index in [2.05, 4.69) is 5.32 Å². The molecule has 2 aliphatic carbocycles. The summed E-state index contributed by atoms with van der Waals surface area (Å²) < 4.78 is 0. The van der Waals surface area contributed by atoms with Gasteiger partial charge in [0.1, 0.15) is 5.69 Å². The zero-order valence-corrected chi connectivity index (χ0v) is 9.80. The molecular weight excluding hydrogens is 230 g/mol. The summed E-state index contributed by atoms with van der Waals surface area (Å²) in [6.07, 6.45) is 3.57. The van der Waals surface area contributed by atoms with E-state index in [4.69, 9.17) is 5.26 Å². The Balaban J connectivity index is 1.86. The van der Waals surface area contributed by atoms with Crippen LogP contribution in [0.25, 0.3) is 0 Å². The van der Waals surface area contributed by atoms with Crippen molar-refractivity contribution in [2.45, 2.75) is 25.3 Å². The maximum atomic E-state index is 11.0. The van der Waals surface area contributed by atoms with Gasteiger partial charge >= 0.3 is 0 Å². The average molecular weight is 243 g/mol. The molecule has 0 aliphatic heterocycles. The summed E-state index contributed by atoms with van der Waals surface area (Å²) >= 11 is 0. The van der Waals surface area contributed by atoms with Gasteiger partial charge in [0.15, 0.2) is 0 Å². The minimum atomic E-state index is -0.428. The van der Waals surface area contributed by atoms with Gasteiger partial charge in [-0.25, -0.2) is 0 Å². The van der Waals surface area contributed by atoms with Crippen molar-refractivity contribution in [3.05, 3.63) is 33.9 Å². The van der Waals surface area contributed by atoms with E-state index in [1.165, 1.54) is 18.9 Å². The average Bonchev–Trinajstić information content (AvgIpc) is 3.06. The highest BCUT2D eigenvalue weighted by Crippen LogP contribution is 2.52. The molecule has 18 heavy (non-hydrogen) atoms. The van der Waals surface area contributed by atoms with Crippen LogP contribution in [0.2, 0.25) is 0 Å². The molecule has 5 nitrogen and oxygen atoms in total. The molecule has 0 radical (unpaired) electrons. The molecule has 0 saturated heterocycles. The van der Waals surface area contributed by atoms with Crippen molar-refractivity contribution in [2.75, 3.05) is 5.32 Å². The first-order valence-electron chi connectivity index (χ1n) is 6.14. The van der Waals surface area contributed by atoms with Crippen molar-refractivity contribution in [2.24, 2.45) is 11.8 Å². The van der Waals surface area contributed by atoms with E-state index in [-0.39, 0.29) is 5.69 Å². The van der Waals surface area contributed by atoms with Gasteiger partial charge in [-0.15, -0.1) is 0 Å². The second kappa shape index (κ2) is 3.98. The number of nitrogens with one attached hydrogen (secondary N) is 1. The first-order chi connectivity index (χ1) is 8.69. The molecule has 2 saturated carbocycles. The van der Waals surface area contributed by atoms with Crippen LogP contribution in [0.1, 0.15) is 24.8 Å². The molecule has 3 atom stereocenters. The Morgan fingerprint density at radius 3 is 2.83 bits per heavy atom. The van der Waals surface area contributed by atoms with E-state index >= 15 is 0 Å². The fourth-order valence-corrected chi connectivity index (χ4v) is 2.96. The molecule has 1 aromatic rings. The molecule has 0 amide bonds. The molecule has 3 rings (SSSR count). The molecule has 2 fully saturated rings. The van der Waals surface area contributed by atoms with Gasteiger partial charge in [-0.05, 0) is 43.2 Å². The highest BCUT2D eigenvalue weighted by molar-refractivity contribution is 5.64. The molecule has 2 aliphatic rings. The Morgan fingerprint density at radius 2 is 2.28 bits per heavy atom. The Hall–Kier alpha value is -2.09. The number of hydrogen-bond acceptors (Lipinski definition) is 4. The van der Waals surface area contributed by atoms with E-state index in [0.29, 0.717) is 23.2 Å². The lowest BCUT2D eigenvalue weighted by molar-refractivity contribution is -0.384. The molecule has 0 aromatic heterocycles. The van der Waals surface area contributed by atoms with E-state index in [0.717, 1.165) is 12.3 Å². The number of nitrogens with zero attached hydrogens (tertiary/aromatic N) is 2. The highest BCUT2D eigenvalue weighted by atomic mass is 16.6. The molecule has 0 heterocycles. The zero-order valence-electron chi connectivity index (χ0n) is 9.80. The summed E-state index contributed by atoms with van der Waals surface area (Å²) in [4.78, 5) is 10.6. The van der Waals surface area contributed by atoms with E-state index in [1.807, 2.05) is 6.07 Å². The summed E-state index contributed by atoms with van der Waals surface area (Å²) in [5.74, 6) is 1.53. The second-order valence-corrected chi connectivity index (χ2v) is 5.09. The largest absolute Gasteiger partial charge is 0.376 e. The number of anilines is 1. The third kappa shape index (κ3) is 1.80. The number of nitro groups is 1. The molecule has 3 unspecified atom stereocenters. The number of nitro benzene ring substituents is 1. The van der Waals surface area contributed by atoms with Crippen LogP contribution in [0.15, 0.2) is 18.2 Å². The van der Waals surface area contributed by atoms with Crippen molar-refractivity contribution in [3.63, 3.8) is 0 Å². The van der Waals surface area contributed by atoms with E-state index in [9.17, 15) is 10.1 Å². The Kier molecular flexibility index (Phi) is 2.44. The third-order valence-corrected chi connectivity index (χ3v) is 4.01. The third-order valence-electron chi connectivity index (χ3n) is 4.01. The predicted molar refractivity (Wildman–Crippen MR) is 66.1 cm³/mol. The first kappa shape index (κ1) is 11.0. The van der Waals surface area contributed by atoms with Crippen LogP contribution in [-0.2, 0) is 0 Å². The van der Waals surface area contributed by atoms with Crippen molar-refractivity contribution >= 4 is 11.4 Å². The lowest BCUT2D eigenvalue weighted by atomic mass is 10.1. The smallest absolute Gasteiger partial charge is 0.293 e. The van der Waals surface area contributed by atoms with Crippen LogP contribution in [0.4, 0.5) is 11.4 Å². The standard InChI is InChI=1S/C13H13N3O2/c14-7-8-1-3-12(13(5-8)16(17)18)15-11-4-2-9-6-10(9)11/h1,3,5,9-11,15H,2,4,6H2. The van der Waals surface area contributed by atoms with Gasteiger partial charge in [0.25, 0.3) is 5.69 Å². The van der Waals surface area contributed by atoms with Crippen molar-refractivity contribution < 1.29 is 4.92 Å². The minimum Gasteiger partial charge on any atom is -0.376 e. The number of benzene rings is 1. The van der Waals surface area contributed by atoms with Crippen LogP contribution in [0.5, 0.6) is 0 Å². The SMILES string of the molecule is N#Cc1ccc(NC2CCC3CC32)c([N+](=O)[O-])c1. The normalized spacial score (nSPS) is 28.3. The summed E-state index contributed by atoms with van der Waals surface area (Å²) in [5, 5.41) is 23.1. The van der Waals surface area contributed by atoms with Crippen LogP contribution < -0.4 is 5.32 Å². The Labute approximate surface area is 105 Å². The van der Waals surface area contributed by atoms with Crippen molar-refractivity contribution in [3.8, 4) is 6.07 Å². The van der Waals surface area contributed by atoms with Gasteiger partial charge in [0.05, 0.1) is 16.6 Å². The van der Waals surface area contributed by atoms with Gasteiger partial charge in [0.2, 0.25) is 0 Å². The molecule has 1 aromatic carbocycles. The number of hydrogen-bond donors (Lipinski definition) is 1. The molecular formula is C13H13N3O2. The summed E-state index contributed by atoms with van der Waals surface area (Å²) in [6.45, 7) is 0. The minimum absolute atomic E-state index is 0.00171. The van der Waals surface area contributed by atoms with Gasteiger partial charge in [-0.2, -0.15) is 5.26 Å². The Bertz CT molecular complexity index is 550. The number of nitriles is 1. The second-order valence-electron chi connectivity index (χ2n) is 5.09. The van der Waals surface area contributed by atoms with Crippen molar-refractivity contribution in [1.29, 1.82) is 5.26 Å². The van der Waals surface area contributed by atoms with Crippen LogP contribution in [0.3, 0.4) is 0 Å². The molecule has 5 heteroatoms. The van der Waals surface area contributed by atoms with Crippen molar-refractivity contribution in [1.82, 2.24) is 0 Å². The fourth-order valence-electron chi connectivity index (χ4n) is 2.96. The summed E-state index contributed by atoms with van der Waals surface area (Å²) in [5.41, 5.74) is 0.859. The maximum absolute atomic E-state index is 11.0. The lowest BCUT2D eigenvalue weighted by Gasteiger charge is -2.15. The fraction of sp³-hybridized carbons (Fsp3) is 0.462. The van der Waals surface area contributed by atoms with Gasteiger partial charge in [-0.1, -0.05) is 0 Å².